The Morgan fingerprint density at radius 3 is 2.95 bits per heavy atom. The number of guanidine groups is 1. The molecule has 3 N–H and O–H groups in total. The van der Waals surface area contributed by atoms with Crippen molar-refractivity contribution in [3.8, 4) is 5.75 Å². The van der Waals surface area contributed by atoms with Crippen LogP contribution in [0.5, 0.6) is 5.75 Å². The summed E-state index contributed by atoms with van der Waals surface area (Å²) >= 11 is 0. The molecule has 2 aromatic rings. The first-order valence-corrected chi connectivity index (χ1v) is 7.37. The summed E-state index contributed by atoms with van der Waals surface area (Å²) in [6.07, 6.45) is 2.56. The smallest absolute Gasteiger partial charge is 0.188 e. The molecule has 0 bridgehead atoms. The van der Waals surface area contributed by atoms with E-state index < -0.39 is 0 Å². The van der Waals surface area contributed by atoms with Gasteiger partial charge < -0.3 is 15.8 Å². The number of nitrogens with zero attached hydrogens (tertiary/aromatic N) is 2. The summed E-state index contributed by atoms with van der Waals surface area (Å²) in [5.41, 5.74) is 8.00. The van der Waals surface area contributed by atoms with Gasteiger partial charge in [-0.3, -0.25) is 9.98 Å². The zero-order valence-electron chi connectivity index (χ0n) is 12.8. The normalized spacial score (nSPS) is 11.2. The molecule has 1 heterocycles. The zero-order chi connectivity index (χ0) is 15.6. The molecule has 5 nitrogen and oxygen atoms in total. The second kappa shape index (κ2) is 8.67. The fourth-order valence-corrected chi connectivity index (χ4v) is 1.95. The van der Waals surface area contributed by atoms with Gasteiger partial charge in [-0.05, 0) is 36.8 Å². The van der Waals surface area contributed by atoms with Gasteiger partial charge >= 0.3 is 0 Å². The first-order valence-electron chi connectivity index (χ1n) is 7.37. The van der Waals surface area contributed by atoms with E-state index in [1.54, 1.807) is 6.20 Å². The number of nitrogens with one attached hydrogen (secondary N) is 1. The van der Waals surface area contributed by atoms with E-state index >= 15 is 0 Å². The van der Waals surface area contributed by atoms with E-state index in [9.17, 15) is 0 Å². The van der Waals surface area contributed by atoms with Crippen LogP contribution in [-0.2, 0) is 6.42 Å². The highest BCUT2D eigenvalue weighted by atomic mass is 16.5. The third-order valence-corrected chi connectivity index (χ3v) is 3.04. The van der Waals surface area contributed by atoms with E-state index in [0.717, 1.165) is 17.9 Å². The van der Waals surface area contributed by atoms with Crippen LogP contribution in [0.1, 0.15) is 11.3 Å². The van der Waals surface area contributed by atoms with Crippen molar-refractivity contribution in [2.24, 2.45) is 10.7 Å². The molecule has 0 aliphatic carbocycles. The quantitative estimate of drug-likeness (QED) is 0.465. The topological polar surface area (TPSA) is 72.5 Å². The van der Waals surface area contributed by atoms with Crippen LogP contribution in [-0.4, -0.2) is 30.6 Å². The Hall–Kier alpha value is -2.56. The second-order valence-corrected chi connectivity index (χ2v) is 4.93. The van der Waals surface area contributed by atoms with Gasteiger partial charge in [0.25, 0.3) is 0 Å². The van der Waals surface area contributed by atoms with Gasteiger partial charge in [-0.15, -0.1) is 0 Å². The van der Waals surface area contributed by atoms with E-state index in [4.69, 9.17) is 10.5 Å². The molecule has 0 fully saturated rings. The summed E-state index contributed by atoms with van der Waals surface area (Å²) in [6.45, 7) is 3.82. The van der Waals surface area contributed by atoms with E-state index in [2.05, 4.69) is 15.3 Å². The number of aliphatic imine (C=N–C) groups is 1. The number of nitrogens with two attached hydrogens (primary N) is 1. The van der Waals surface area contributed by atoms with Gasteiger partial charge in [-0.1, -0.05) is 18.2 Å². The Morgan fingerprint density at radius 2 is 2.18 bits per heavy atom. The third kappa shape index (κ3) is 5.83. The second-order valence-electron chi connectivity index (χ2n) is 4.93. The van der Waals surface area contributed by atoms with E-state index in [1.165, 1.54) is 5.56 Å². The Morgan fingerprint density at radius 1 is 1.27 bits per heavy atom. The number of benzene rings is 1. The molecule has 0 spiro atoms. The van der Waals surface area contributed by atoms with Gasteiger partial charge in [0.05, 0.1) is 6.54 Å². The van der Waals surface area contributed by atoms with Crippen molar-refractivity contribution in [2.75, 3.05) is 19.7 Å². The van der Waals surface area contributed by atoms with E-state index in [1.807, 2.05) is 49.4 Å². The highest BCUT2D eigenvalue weighted by Crippen LogP contribution is 2.11. The highest BCUT2D eigenvalue weighted by molar-refractivity contribution is 5.77. The van der Waals surface area contributed by atoms with Gasteiger partial charge in [0.15, 0.2) is 5.96 Å². The minimum absolute atomic E-state index is 0.434. The Kier molecular flexibility index (Phi) is 6.23. The Balaban J connectivity index is 1.63. The lowest BCUT2D eigenvalue weighted by Gasteiger charge is -2.08. The molecule has 0 radical (unpaired) electrons. The molecule has 5 heteroatoms. The summed E-state index contributed by atoms with van der Waals surface area (Å²) in [5.74, 6) is 1.30. The number of hydrogen-bond acceptors (Lipinski definition) is 3. The molecule has 0 aliphatic heterocycles. The molecule has 116 valence electrons. The largest absolute Gasteiger partial charge is 0.492 e. The van der Waals surface area contributed by atoms with Crippen molar-refractivity contribution in [1.29, 1.82) is 0 Å². The first kappa shape index (κ1) is 15.8. The molecule has 0 amide bonds. The lowest BCUT2D eigenvalue weighted by molar-refractivity contribution is 0.322. The van der Waals surface area contributed by atoms with Gasteiger partial charge in [0, 0.05) is 24.9 Å². The zero-order valence-corrected chi connectivity index (χ0v) is 12.8. The fourth-order valence-electron chi connectivity index (χ4n) is 1.95. The first-order chi connectivity index (χ1) is 10.7. The minimum atomic E-state index is 0.434. The van der Waals surface area contributed by atoms with Crippen LogP contribution in [0.15, 0.2) is 53.7 Å². The maximum absolute atomic E-state index is 5.80. The predicted octanol–water partition coefficient (Wildman–Crippen LogP) is 1.92. The van der Waals surface area contributed by atoms with Crippen LogP contribution in [0.2, 0.25) is 0 Å². The van der Waals surface area contributed by atoms with Crippen LogP contribution in [0.4, 0.5) is 0 Å². The van der Waals surface area contributed by atoms with Gasteiger partial charge in [0.2, 0.25) is 0 Å². The van der Waals surface area contributed by atoms with Crippen molar-refractivity contribution in [3.63, 3.8) is 0 Å². The standard InChI is InChI=1S/C17H22N4O/c1-14-5-4-7-16(13-14)22-12-11-21-17(18)20-10-8-15-6-2-3-9-19-15/h2-7,9,13H,8,10-12H2,1H3,(H3,18,20,21). The number of aryl methyl sites for hydroxylation is 1. The average Bonchev–Trinajstić information content (AvgIpc) is 2.53. The summed E-state index contributed by atoms with van der Waals surface area (Å²) in [6, 6.07) is 13.8. The monoisotopic (exact) mass is 298 g/mol. The maximum Gasteiger partial charge on any atom is 0.188 e. The molecule has 1 aromatic heterocycles. The maximum atomic E-state index is 5.80. The van der Waals surface area contributed by atoms with Gasteiger partial charge in [-0.2, -0.15) is 0 Å². The molecule has 2 rings (SSSR count). The van der Waals surface area contributed by atoms with Crippen LogP contribution in [0.25, 0.3) is 0 Å². The Labute approximate surface area is 131 Å². The molecule has 0 unspecified atom stereocenters. The van der Waals surface area contributed by atoms with Crippen LogP contribution in [0.3, 0.4) is 0 Å². The molecule has 0 aliphatic rings. The van der Waals surface area contributed by atoms with E-state index in [-0.39, 0.29) is 0 Å². The summed E-state index contributed by atoms with van der Waals surface area (Å²) in [4.78, 5) is 8.51. The molecule has 22 heavy (non-hydrogen) atoms. The van der Waals surface area contributed by atoms with Gasteiger partial charge in [-0.25, -0.2) is 0 Å². The number of aromatic nitrogens is 1. The lowest BCUT2D eigenvalue weighted by Crippen LogP contribution is -2.35. The summed E-state index contributed by atoms with van der Waals surface area (Å²) < 4.78 is 5.63. The van der Waals surface area contributed by atoms with Gasteiger partial charge in [0.1, 0.15) is 12.4 Å². The summed E-state index contributed by atoms with van der Waals surface area (Å²) in [5, 5.41) is 3.04. The number of pyridine rings is 1. The molecule has 0 saturated carbocycles. The van der Waals surface area contributed by atoms with Crippen molar-refractivity contribution in [1.82, 2.24) is 10.3 Å². The minimum Gasteiger partial charge on any atom is -0.492 e. The number of hydrogen-bond donors (Lipinski definition) is 2. The molecular formula is C17H22N4O. The van der Waals surface area contributed by atoms with Crippen molar-refractivity contribution in [2.45, 2.75) is 13.3 Å². The van der Waals surface area contributed by atoms with Crippen molar-refractivity contribution < 1.29 is 4.74 Å². The Bertz CT molecular complexity index is 599. The van der Waals surface area contributed by atoms with Crippen LogP contribution >= 0.6 is 0 Å². The SMILES string of the molecule is Cc1cccc(OCCNC(N)=NCCc2ccccn2)c1. The van der Waals surface area contributed by atoms with Crippen molar-refractivity contribution >= 4 is 5.96 Å². The lowest BCUT2D eigenvalue weighted by atomic mass is 10.2. The summed E-state index contributed by atoms with van der Waals surface area (Å²) in [7, 11) is 0. The predicted molar refractivity (Wildman–Crippen MR) is 89.1 cm³/mol. The molecule has 0 atom stereocenters. The molecule has 1 aromatic carbocycles. The number of ether oxygens (including phenoxy) is 1. The average molecular weight is 298 g/mol. The van der Waals surface area contributed by atoms with E-state index in [0.29, 0.717) is 25.7 Å². The molecular weight excluding hydrogens is 276 g/mol. The number of rotatable bonds is 7. The van der Waals surface area contributed by atoms with Crippen LogP contribution < -0.4 is 15.8 Å². The molecule has 0 saturated heterocycles. The fraction of sp³-hybridized carbons (Fsp3) is 0.294. The highest BCUT2D eigenvalue weighted by Gasteiger charge is 1.96. The van der Waals surface area contributed by atoms with Crippen LogP contribution in [0, 0.1) is 6.92 Å². The van der Waals surface area contributed by atoms with Crippen molar-refractivity contribution in [3.05, 3.63) is 59.9 Å². The third-order valence-electron chi connectivity index (χ3n) is 3.04.